The van der Waals surface area contributed by atoms with Gasteiger partial charge in [0.05, 0.1) is 6.61 Å². The third-order valence-corrected chi connectivity index (χ3v) is 2.65. The minimum Gasteiger partial charge on any atom is -0.481 e. The Balaban J connectivity index is 4.66. The third kappa shape index (κ3) is 7.25. The Labute approximate surface area is 121 Å². The number of primary amides is 1. The molecule has 0 radical (unpaired) electrons. The number of carbonyl (C=O) groups excluding carboxylic acids is 3. The maximum absolute atomic E-state index is 11.9. The van der Waals surface area contributed by atoms with Crippen LogP contribution in [0.15, 0.2) is 0 Å². The standard InChI is InChI=1S/C12H21N3O6/c1-6(2)11(20)15-8(5-16)12(21)14-7(10(13)19)3-4-9(17)18/h6-8,16H,3-5H2,1-2H3,(H2,13,19)(H,14,21)(H,15,20)(H,17,18)/t7-,8-/m0/s1. The fraction of sp³-hybridized carbons (Fsp3) is 0.667. The van der Waals surface area contributed by atoms with Crippen LogP contribution in [0.2, 0.25) is 0 Å². The van der Waals surface area contributed by atoms with Gasteiger partial charge in [-0.2, -0.15) is 0 Å². The Kier molecular flexibility index (Phi) is 7.99. The number of aliphatic hydroxyl groups excluding tert-OH is 1. The number of aliphatic hydroxyl groups is 1. The molecule has 0 aromatic heterocycles. The van der Waals surface area contributed by atoms with Gasteiger partial charge in [0, 0.05) is 12.3 Å². The first-order valence-electron chi connectivity index (χ1n) is 6.41. The molecular formula is C12H21N3O6. The van der Waals surface area contributed by atoms with E-state index >= 15 is 0 Å². The average molecular weight is 303 g/mol. The van der Waals surface area contributed by atoms with E-state index in [9.17, 15) is 19.2 Å². The molecule has 0 aliphatic heterocycles. The van der Waals surface area contributed by atoms with Gasteiger partial charge in [0.25, 0.3) is 0 Å². The van der Waals surface area contributed by atoms with Gasteiger partial charge in [0.15, 0.2) is 0 Å². The van der Waals surface area contributed by atoms with Gasteiger partial charge in [-0.15, -0.1) is 0 Å². The molecule has 0 aliphatic carbocycles. The first kappa shape index (κ1) is 18.8. The van der Waals surface area contributed by atoms with Crippen LogP contribution in [0.3, 0.4) is 0 Å². The van der Waals surface area contributed by atoms with Crippen LogP contribution in [0, 0.1) is 5.92 Å². The molecule has 0 bridgehead atoms. The van der Waals surface area contributed by atoms with E-state index in [1.54, 1.807) is 13.8 Å². The second-order valence-electron chi connectivity index (χ2n) is 4.79. The van der Waals surface area contributed by atoms with Gasteiger partial charge in [-0.05, 0) is 6.42 Å². The summed E-state index contributed by atoms with van der Waals surface area (Å²) in [5.41, 5.74) is 5.07. The Bertz CT molecular complexity index is 410. The van der Waals surface area contributed by atoms with Gasteiger partial charge in [-0.3, -0.25) is 19.2 Å². The number of nitrogens with one attached hydrogen (secondary N) is 2. The molecule has 21 heavy (non-hydrogen) atoms. The molecule has 0 saturated carbocycles. The predicted octanol–water partition coefficient (Wildman–Crippen LogP) is -2.05. The number of carbonyl (C=O) groups is 4. The van der Waals surface area contributed by atoms with Crippen LogP contribution in [-0.4, -0.2) is 52.6 Å². The topological polar surface area (TPSA) is 159 Å². The first-order chi connectivity index (χ1) is 9.68. The minimum absolute atomic E-state index is 0.174. The lowest BCUT2D eigenvalue weighted by molar-refractivity contribution is -0.138. The minimum atomic E-state index is -1.23. The van der Waals surface area contributed by atoms with Crippen molar-refractivity contribution in [2.24, 2.45) is 11.7 Å². The van der Waals surface area contributed by atoms with Crippen molar-refractivity contribution in [3.63, 3.8) is 0 Å². The van der Waals surface area contributed by atoms with E-state index in [-0.39, 0.29) is 18.8 Å². The molecule has 0 saturated heterocycles. The van der Waals surface area contributed by atoms with Crippen molar-refractivity contribution >= 4 is 23.7 Å². The van der Waals surface area contributed by atoms with Crippen LogP contribution in [0.25, 0.3) is 0 Å². The van der Waals surface area contributed by atoms with Crippen LogP contribution < -0.4 is 16.4 Å². The number of nitrogens with two attached hydrogens (primary N) is 1. The quantitative estimate of drug-likeness (QED) is 0.330. The molecule has 0 fully saturated rings. The van der Waals surface area contributed by atoms with Gasteiger partial charge in [-0.25, -0.2) is 0 Å². The van der Waals surface area contributed by atoms with Gasteiger partial charge in [-0.1, -0.05) is 13.8 Å². The molecule has 6 N–H and O–H groups in total. The highest BCUT2D eigenvalue weighted by Gasteiger charge is 2.26. The van der Waals surface area contributed by atoms with Crippen LogP contribution in [0.4, 0.5) is 0 Å². The zero-order valence-corrected chi connectivity index (χ0v) is 12.0. The Morgan fingerprint density at radius 3 is 1.95 bits per heavy atom. The lowest BCUT2D eigenvalue weighted by Gasteiger charge is -2.20. The summed E-state index contributed by atoms with van der Waals surface area (Å²) in [6.45, 7) is 2.57. The molecule has 9 nitrogen and oxygen atoms in total. The van der Waals surface area contributed by atoms with E-state index in [0.717, 1.165) is 0 Å². The van der Waals surface area contributed by atoms with Crippen LogP contribution in [0.1, 0.15) is 26.7 Å². The number of carboxylic acid groups (broad SMARTS) is 1. The highest BCUT2D eigenvalue weighted by Crippen LogP contribution is 1.99. The Morgan fingerprint density at radius 2 is 1.57 bits per heavy atom. The molecule has 9 heteroatoms. The van der Waals surface area contributed by atoms with Gasteiger partial charge >= 0.3 is 5.97 Å². The lowest BCUT2D eigenvalue weighted by Crippen LogP contribution is -2.54. The third-order valence-electron chi connectivity index (χ3n) is 2.65. The highest BCUT2D eigenvalue weighted by molar-refractivity contribution is 5.92. The molecule has 2 atom stereocenters. The van der Waals surface area contributed by atoms with Crippen LogP contribution in [0.5, 0.6) is 0 Å². The van der Waals surface area contributed by atoms with E-state index in [2.05, 4.69) is 10.6 Å². The van der Waals surface area contributed by atoms with Crippen LogP contribution in [-0.2, 0) is 19.2 Å². The summed E-state index contributed by atoms with van der Waals surface area (Å²) >= 11 is 0. The second-order valence-corrected chi connectivity index (χ2v) is 4.79. The van der Waals surface area contributed by atoms with Crippen molar-refractivity contribution in [1.82, 2.24) is 10.6 Å². The van der Waals surface area contributed by atoms with Crippen molar-refractivity contribution in [1.29, 1.82) is 0 Å². The largest absolute Gasteiger partial charge is 0.481 e. The molecule has 0 aromatic carbocycles. The van der Waals surface area contributed by atoms with E-state index in [1.807, 2.05) is 0 Å². The first-order valence-corrected chi connectivity index (χ1v) is 6.41. The normalized spacial score (nSPS) is 13.3. The molecule has 0 heterocycles. The lowest BCUT2D eigenvalue weighted by atomic mass is 10.1. The summed E-state index contributed by atoms with van der Waals surface area (Å²) in [4.78, 5) is 44.9. The summed E-state index contributed by atoms with van der Waals surface area (Å²) < 4.78 is 0. The van der Waals surface area contributed by atoms with Crippen molar-refractivity contribution in [2.75, 3.05) is 6.61 Å². The van der Waals surface area contributed by atoms with Crippen molar-refractivity contribution in [3.05, 3.63) is 0 Å². The Morgan fingerprint density at radius 1 is 1.05 bits per heavy atom. The Hall–Kier alpha value is -2.16. The fourth-order valence-electron chi connectivity index (χ4n) is 1.36. The number of hydrogen-bond acceptors (Lipinski definition) is 5. The monoisotopic (exact) mass is 303 g/mol. The zero-order chi connectivity index (χ0) is 16.6. The number of aliphatic carboxylic acids is 1. The molecule has 0 aromatic rings. The summed E-state index contributed by atoms with van der Waals surface area (Å²) in [7, 11) is 0. The molecule has 0 spiro atoms. The van der Waals surface area contributed by atoms with Crippen molar-refractivity contribution < 1.29 is 29.4 Å². The van der Waals surface area contributed by atoms with Gasteiger partial charge in [0.2, 0.25) is 17.7 Å². The number of rotatable bonds is 9. The molecular weight excluding hydrogens is 282 g/mol. The number of amides is 3. The van der Waals surface area contributed by atoms with E-state index in [0.29, 0.717) is 0 Å². The number of hydrogen-bond donors (Lipinski definition) is 5. The summed E-state index contributed by atoms with van der Waals surface area (Å²) in [5.74, 6) is -3.66. The molecule has 0 aliphatic rings. The maximum Gasteiger partial charge on any atom is 0.303 e. The van der Waals surface area contributed by atoms with Crippen molar-refractivity contribution in [3.8, 4) is 0 Å². The molecule has 3 amide bonds. The summed E-state index contributed by atoms with van der Waals surface area (Å²) in [5, 5.41) is 22.2. The SMILES string of the molecule is CC(C)C(=O)N[C@@H](CO)C(=O)N[C@@H](CCC(=O)O)C(N)=O. The zero-order valence-electron chi connectivity index (χ0n) is 12.0. The van der Waals surface area contributed by atoms with E-state index in [1.165, 1.54) is 0 Å². The molecule has 120 valence electrons. The van der Waals surface area contributed by atoms with E-state index in [4.69, 9.17) is 15.9 Å². The summed E-state index contributed by atoms with van der Waals surface area (Å²) in [6, 6.07) is -2.41. The predicted molar refractivity (Wildman–Crippen MR) is 71.8 cm³/mol. The van der Waals surface area contributed by atoms with E-state index < -0.39 is 42.4 Å². The molecule has 0 rings (SSSR count). The summed E-state index contributed by atoms with van der Waals surface area (Å²) in [6.07, 6.45) is -0.525. The number of carboxylic acids is 1. The fourth-order valence-corrected chi connectivity index (χ4v) is 1.36. The van der Waals surface area contributed by atoms with Crippen LogP contribution >= 0.6 is 0 Å². The van der Waals surface area contributed by atoms with Crippen molar-refractivity contribution in [2.45, 2.75) is 38.8 Å². The maximum atomic E-state index is 11.9. The highest BCUT2D eigenvalue weighted by atomic mass is 16.4. The van der Waals surface area contributed by atoms with Gasteiger partial charge in [0.1, 0.15) is 12.1 Å². The average Bonchev–Trinajstić information content (AvgIpc) is 2.39. The van der Waals surface area contributed by atoms with Gasteiger partial charge < -0.3 is 26.6 Å². The smallest absolute Gasteiger partial charge is 0.303 e. The molecule has 0 unspecified atom stereocenters. The second kappa shape index (κ2) is 8.90.